The fourth-order valence-corrected chi connectivity index (χ4v) is 3.25. The molecule has 0 fully saturated rings. The van der Waals surface area contributed by atoms with Crippen LogP contribution in [0.4, 0.5) is 10.5 Å². The van der Waals surface area contributed by atoms with E-state index >= 15 is 0 Å². The number of hydroxylamine groups is 1. The van der Waals surface area contributed by atoms with E-state index in [1.54, 1.807) is 62.0 Å². The van der Waals surface area contributed by atoms with Crippen molar-refractivity contribution in [2.45, 2.75) is 26.4 Å². The molecule has 0 spiro atoms. The van der Waals surface area contributed by atoms with Crippen LogP contribution in [0.1, 0.15) is 31.9 Å². The number of carbonyl (C=O) groups excluding carboxylic acids is 2. The minimum Gasteiger partial charge on any atom is -0.497 e. The zero-order chi connectivity index (χ0) is 25.6. The first kappa shape index (κ1) is 27.4. The fraction of sp³-hybridized carbons (Fsp3) is 0.308. The van der Waals surface area contributed by atoms with Gasteiger partial charge in [0, 0.05) is 17.7 Å². The maximum Gasteiger partial charge on any atom is 0.412 e. The minimum atomic E-state index is -0.611. The standard InChI is InChI=1S/C26H32N2O7/c1-18(17-24(30)28-32)5-4-6-19(2)25(20-7-11-23(12-8-20)34-16-15-29)35-26(31)27-21-9-13-22(33-3)14-10-21/h4-5,7-14,17,19,25,29,32H,6,15-16H2,1-3H3,(H,27,31)(H,28,30)/b5-4+,18-17+/t19-,25+/m1/s1. The molecule has 9 nitrogen and oxygen atoms in total. The Hall–Kier alpha value is -3.82. The average molecular weight is 485 g/mol. The molecule has 0 radical (unpaired) electrons. The molecule has 2 atom stereocenters. The molecule has 2 amide bonds. The Balaban J connectivity index is 2.15. The SMILES string of the molecule is COc1ccc(NC(=O)O[C@H](c2ccc(OCCO)cc2)[C@H](C)C/C=C/C(C)=C/C(=O)NO)cc1. The maximum atomic E-state index is 12.7. The summed E-state index contributed by atoms with van der Waals surface area (Å²) in [5, 5.41) is 20.3. The zero-order valence-corrected chi connectivity index (χ0v) is 20.1. The first-order chi connectivity index (χ1) is 16.9. The Morgan fingerprint density at radius 3 is 2.31 bits per heavy atom. The maximum absolute atomic E-state index is 12.7. The smallest absolute Gasteiger partial charge is 0.412 e. The van der Waals surface area contributed by atoms with E-state index in [-0.39, 0.29) is 19.1 Å². The topological polar surface area (TPSA) is 126 Å². The van der Waals surface area contributed by atoms with Gasteiger partial charge in [0.15, 0.2) is 0 Å². The van der Waals surface area contributed by atoms with Gasteiger partial charge in [0.05, 0.1) is 13.7 Å². The molecule has 0 bridgehead atoms. The van der Waals surface area contributed by atoms with Gasteiger partial charge in [-0.15, -0.1) is 0 Å². The van der Waals surface area contributed by atoms with Gasteiger partial charge in [-0.2, -0.15) is 0 Å². The number of hydrogen-bond acceptors (Lipinski definition) is 7. The number of allylic oxidation sites excluding steroid dienone is 3. The third kappa shape index (κ3) is 9.52. The van der Waals surface area contributed by atoms with Gasteiger partial charge in [0.2, 0.25) is 0 Å². The number of methoxy groups -OCH3 is 1. The Bertz CT molecular complexity index is 1000. The molecule has 2 aromatic carbocycles. The van der Waals surface area contributed by atoms with Gasteiger partial charge in [0.25, 0.3) is 5.91 Å². The highest BCUT2D eigenvalue weighted by Crippen LogP contribution is 2.31. The number of ether oxygens (including phenoxy) is 3. The number of nitrogens with one attached hydrogen (secondary N) is 2. The second-order valence-electron chi connectivity index (χ2n) is 7.80. The lowest BCUT2D eigenvalue weighted by Gasteiger charge is -2.24. The van der Waals surface area contributed by atoms with Crippen molar-refractivity contribution in [1.29, 1.82) is 0 Å². The minimum absolute atomic E-state index is 0.0871. The van der Waals surface area contributed by atoms with E-state index < -0.39 is 18.1 Å². The van der Waals surface area contributed by atoms with Crippen molar-refractivity contribution in [2.75, 3.05) is 25.6 Å². The van der Waals surface area contributed by atoms with E-state index in [0.29, 0.717) is 29.2 Å². The molecule has 0 aliphatic carbocycles. The van der Waals surface area contributed by atoms with E-state index in [1.165, 1.54) is 6.08 Å². The van der Waals surface area contributed by atoms with E-state index in [9.17, 15) is 9.59 Å². The van der Waals surface area contributed by atoms with Crippen molar-refractivity contribution in [2.24, 2.45) is 5.92 Å². The highest BCUT2D eigenvalue weighted by Gasteiger charge is 2.23. The van der Waals surface area contributed by atoms with E-state index in [0.717, 1.165) is 5.56 Å². The number of rotatable bonds is 12. The molecule has 0 aliphatic rings. The summed E-state index contributed by atoms with van der Waals surface area (Å²) < 4.78 is 16.4. The Morgan fingerprint density at radius 1 is 1.06 bits per heavy atom. The van der Waals surface area contributed by atoms with Crippen LogP contribution in [0.5, 0.6) is 11.5 Å². The molecule has 0 aliphatic heterocycles. The molecule has 2 aromatic rings. The summed E-state index contributed by atoms with van der Waals surface area (Å²) in [6, 6.07) is 14.0. The molecule has 35 heavy (non-hydrogen) atoms. The van der Waals surface area contributed by atoms with Crippen LogP contribution in [0.15, 0.2) is 72.3 Å². The van der Waals surface area contributed by atoms with Crippen LogP contribution in [0, 0.1) is 5.92 Å². The van der Waals surface area contributed by atoms with Crippen LogP contribution in [-0.2, 0) is 9.53 Å². The van der Waals surface area contributed by atoms with Crippen LogP contribution in [-0.4, -0.2) is 42.6 Å². The molecule has 0 aromatic heterocycles. The van der Waals surface area contributed by atoms with Crippen molar-refractivity contribution < 1.29 is 34.1 Å². The number of aliphatic hydroxyl groups excluding tert-OH is 1. The Kier molecular flexibility index (Phi) is 11.3. The Morgan fingerprint density at radius 2 is 1.71 bits per heavy atom. The lowest BCUT2D eigenvalue weighted by Crippen LogP contribution is -2.21. The van der Waals surface area contributed by atoms with Crippen LogP contribution in [0.3, 0.4) is 0 Å². The third-order valence-electron chi connectivity index (χ3n) is 5.01. The second kappa shape index (κ2) is 14.4. The monoisotopic (exact) mass is 484 g/mol. The highest BCUT2D eigenvalue weighted by molar-refractivity contribution is 5.87. The van der Waals surface area contributed by atoms with Gasteiger partial charge in [-0.3, -0.25) is 15.3 Å². The molecule has 2 rings (SSSR count). The summed E-state index contributed by atoms with van der Waals surface area (Å²) in [7, 11) is 1.57. The molecule has 0 heterocycles. The molecular weight excluding hydrogens is 452 g/mol. The summed E-state index contributed by atoms with van der Waals surface area (Å²) in [5.41, 5.74) is 3.56. The third-order valence-corrected chi connectivity index (χ3v) is 5.01. The molecular formula is C26H32N2O7. The lowest BCUT2D eigenvalue weighted by atomic mass is 9.94. The largest absolute Gasteiger partial charge is 0.497 e. The van der Waals surface area contributed by atoms with Crippen molar-refractivity contribution in [1.82, 2.24) is 5.48 Å². The van der Waals surface area contributed by atoms with E-state index in [2.05, 4.69) is 5.32 Å². The number of carbonyl (C=O) groups is 2. The number of anilines is 1. The Labute approximate surface area is 205 Å². The number of amides is 2. The molecule has 188 valence electrons. The van der Waals surface area contributed by atoms with Gasteiger partial charge in [-0.25, -0.2) is 10.3 Å². The zero-order valence-electron chi connectivity index (χ0n) is 20.1. The first-order valence-corrected chi connectivity index (χ1v) is 11.1. The molecule has 4 N–H and O–H groups in total. The highest BCUT2D eigenvalue weighted by atomic mass is 16.6. The predicted octanol–water partition coefficient (Wildman–Crippen LogP) is 4.39. The first-order valence-electron chi connectivity index (χ1n) is 11.1. The lowest BCUT2D eigenvalue weighted by molar-refractivity contribution is -0.124. The van der Waals surface area contributed by atoms with Crippen LogP contribution in [0.25, 0.3) is 0 Å². The van der Waals surface area contributed by atoms with Crippen molar-refractivity contribution in [3.8, 4) is 11.5 Å². The van der Waals surface area contributed by atoms with E-state index in [4.69, 9.17) is 24.5 Å². The fourth-order valence-electron chi connectivity index (χ4n) is 3.25. The van der Waals surface area contributed by atoms with Gasteiger partial charge in [0.1, 0.15) is 24.2 Å². The quantitative estimate of drug-likeness (QED) is 0.152. The van der Waals surface area contributed by atoms with Gasteiger partial charge < -0.3 is 19.3 Å². The number of aliphatic hydroxyl groups is 1. The summed E-state index contributed by atoms with van der Waals surface area (Å²) in [5.74, 6) is 0.544. The van der Waals surface area contributed by atoms with Crippen molar-refractivity contribution >= 4 is 17.7 Å². The van der Waals surface area contributed by atoms with Crippen LogP contribution < -0.4 is 20.3 Å². The van der Waals surface area contributed by atoms with Gasteiger partial charge >= 0.3 is 6.09 Å². The predicted molar refractivity (Wildman–Crippen MR) is 131 cm³/mol. The average Bonchev–Trinajstić information content (AvgIpc) is 2.86. The summed E-state index contributed by atoms with van der Waals surface area (Å²) in [6.45, 7) is 3.78. The van der Waals surface area contributed by atoms with Crippen LogP contribution in [0.2, 0.25) is 0 Å². The summed E-state index contributed by atoms with van der Waals surface area (Å²) in [4.78, 5) is 23.9. The summed E-state index contributed by atoms with van der Waals surface area (Å²) in [6.07, 6.45) is 4.27. The van der Waals surface area contributed by atoms with Crippen molar-refractivity contribution in [3.05, 3.63) is 77.9 Å². The van der Waals surface area contributed by atoms with Gasteiger partial charge in [-0.1, -0.05) is 31.2 Å². The molecule has 0 unspecified atom stereocenters. The molecule has 0 saturated carbocycles. The number of hydrogen-bond donors (Lipinski definition) is 4. The van der Waals surface area contributed by atoms with E-state index in [1.807, 2.05) is 25.1 Å². The van der Waals surface area contributed by atoms with Gasteiger partial charge in [-0.05, 0) is 60.9 Å². The number of benzene rings is 2. The van der Waals surface area contributed by atoms with Crippen molar-refractivity contribution in [3.63, 3.8) is 0 Å². The second-order valence-corrected chi connectivity index (χ2v) is 7.80. The summed E-state index contributed by atoms with van der Waals surface area (Å²) >= 11 is 0. The molecule has 0 saturated heterocycles. The normalized spacial score (nSPS) is 13.1. The molecule has 9 heteroatoms. The van der Waals surface area contributed by atoms with Crippen LogP contribution >= 0.6 is 0 Å².